The van der Waals surface area contributed by atoms with Gasteiger partial charge < -0.3 is 19.5 Å². The number of hydrogen-bond donors (Lipinski definition) is 1. The Balaban J connectivity index is 1.62. The van der Waals surface area contributed by atoms with Crippen molar-refractivity contribution >= 4 is 11.6 Å². The quantitative estimate of drug-likeness (QED) is 0.475. The highest BCUT2D eigenvalue weighted by atomic mass is 19.1. The Morgan fingerprint density at radius 2 is 1.77 bits per heavy atom. The van der Waals surface area contributed by atoms with Crippen LogP contribution in [0.4, 0.5) is 10.1 Å². The molecule has 6 heteroatoms. The molecule has 3 aromatic rings. The Morgan fingerprint density at radius 1 is 0.933 bits per heavy atom. The van der Waals surface area contributed by atoms with Crippen molar-refractivity contribution in [1.82, 2.24) is 0 Å². The molecular formula is C24H24FNO4. The van der Waals surface area contributed by atoms with Crippen molar-refractivity contribution in [2.24, 2.45) is 0 Å². The SMILES string of the molecule is CCOCCOc1ccccc1C(=O)Nc1cccc(OCc2cccc(F)c2)c1. The summed E-state index contributed by atoms with van der Waals surface area (Å²) < 4.78 is 30.0. The zero-order chi connectivity index (χ0) is 21.2. The van der Waals surface area contributed by atoms with Crippen LogP contribution in [0.5, 0.6) is 11.5 Å². The number of ether oxygens (including phenoxy) is 3. The number of nitrogens with one attached hydrogen (secondary N) is 1. The van der Waals surface area contributed by atoms with Crippen molar-refractivity contribution in [3.63, 3.8) is 0 Å². The van der Waals surface area contributed by atoms with Gasteiger partial charge in [-0.2, -0.15) is 0 Å². The highest BCUT2D eigenvalue weighted by Gasteiger charge is 2.13. The van der Waals surface area contributed by atoms with Crippen molar-refractivity contribution in [1.29, 1.82) is 0 Å². The standard InChI is InChI=1S/C24H24FNO4/c1-2-28-13-14-29-23-12-4-3-11-22(23)24(27)26-20-9-6-10-21(16-20)30-17-18-7-5-8-19(25)15-18/h3-12,15-16H,2,13-14,17H2,1H3,(H,26,27). The van der Waals surface area contributed by atoms with E-state index in [2.05, 4.69) is 5.32 Å². The summed E-state index contributed by atoms with van der Waals surface area (Å²) in [6.45, 7) is 3.57. The number of carbonyl (C=O) groups is 1. The summed E-state index contributed by atoms with van der Waals surface area (Å²) in [7, 11) is 0. The molecule has 5 nitrogen and oxygen atoms in total. The number of halogens is 1. The number of anilines is 1. The molecule has 0 saturated heterocycles. The van der Waals surface area contributed by atoms with Crippen LogP contribution in [0.2, 0.25) is 0 Å². The molecule has 1 amide bonds. The van der Waals surface area contributed by atoms with E-state index in [-0.39, 0.29) is 18.3 Å². The van der Waals surface area contributed by atoms with Crippen molar-refractivity contribution < 1.29 is 23.4 Å². The summed E-state index contributed by atoms with van der Waals surface area (Å²) in [4.78, 5) is 12.7. The first-order chi connectivity index (χ1) is 14.7. The summed E-state index contributed by atoms with van der Waals surface area (Å²) >= 11 is 0. The second kappa shape index (κ2) is 11.0. The van der Waals surface area contributed by atoms with E-state index >= 15 is 0 Å². The molecule has 0 atom stereocenters. The van der Waals surface area contributed by atoms with E-state index in [0.717, 1.165) is 5.56 Å². The maximum absolute atomic E-state index is 13.3. The largest absolute Gasteiger partial charge is 0.490 e. The van der Waals surface area contributed by atoms with Gasteiger partial charge >= 0.3 is 0 Å². The lowest BCUT2D eigenvalue weighted by Gasteiger charge is -2.12. The van der Waals surface area contributed by atoms with Crippen LogP contribution in [0.3, 0.4) is 0 Å². The van der Waals surface area contributed by atoms with Crippen LogP contribution in [-0.4, -0.2) is 25.7 Å². The smallest absolute Gasteiger partial charge is 0.259 e. The van der Waals surface area contributed by atoms with Crippen molar-refractivity contribution in [2.45, 2.75) is 13.5 Å². The van der Waals surface area contributed by atoms with Gasteiger partial charge in [0.1, 0.15) is 30.5 Å². The predicted molar refractivity (Wildman–Crippen MR) is 114 cm³/mol. The molecule has 0 heterocycles. The molecule has 0 aliphatic heterocycles. The third kappa shape index (κ3) is 6.32. The number of para-hydroxylation sites is 1. The Kier molecular flexibility index (Phi) is 7.80. The number of hydrogen-bond acceptors (Lipinski definition) is 4. The Labute approximate surface area is 175 Å². The molecule has 30 heavy (non-hydrogen) atoms. The molecule has 156 valence electrons. The van der Waals surface area contributed by atoms with Gasteiger partial charge in [-0.3, -0.25) is 4.79 Å². The topological polar surface area (TPSA) is 56.8 Å². The lowest BCUT2D eigenvalue weighted by Crippen LogP contribution is -2.15. The summed E-state index contributed by atoms with van der Waals surface area (Å²) in [5, 5.41) is 2.86. The monoisotopic (exact) mass is 409 g/mol. The zero-order valence-corrected chi connectivity index (χ0v) is 16.8. The average molecular weight is 409 g/mol. The second-order valence-electron chi connectivity index (χ2n) is 6.44. The van der Waals surface area contributed by atoms with Gasteiger partial charge in [-0.25, -0.2) is 4.39 Å². The maximum Gasteiger partial charge on any atom is 0.259 e. The zero-order valence-electron chi connectivity index (χ0n) is 16.8. The predicted octanol–water partition coefficient (Wildman–Crippen LogP) is 5.07. The maximum atomic E-state index is 13.3. The summed E-state index contributed by atoms with van der Waals surface area (Å²) in [5.74, 6) is 0.468. The molecule has 0 bridgehead atoms. The van der Waals surface area contributed by atoms with E-state index in [1.54, 1.807) is 54.6 Å². The van der Waals surface area contributed by atoms with E-state index in [9.17, 15) is 9.18 Å². The van der Waals surface area contributed by atoms with Crippen molar-refractivity contribution in [3.8, 4) is 11.5 Å². The van der Waals surface area contributed by atoms with Crippen LogP contribution in [0.15, 0.2) is 72.8 Å². The molecule has 0 aliphatic rings. The molecule has 0 radical (unpaired) electrons. The summed E-state index contributed by atoms with van der Waals surface area (Å²) in [6, 6.07) is 20.3. The van der Waals surface area contributed by atoms with E-state index in [0.29, 0.717) is 42.6 Å². The minimum absolute atomic E-state index is 0.228. The first-order valence-electron chi connectivity index (χ1n) is 9.74. The third-order valence-electron chi connectivity index (χ3n) is 4.21. The highest BCUT2D eigenvalue weighted by molar-refractivity contribution is 6.06. The highest BCUT2D eigenvalue weighted by Crippen LogP contribution is 2.22. The van der Waals surface area contributed by atoms with Gasteiger partial charge in [-0.15, -0.1) is 0 Å². The van der Waals surface area contributed by atoms with Crippen LogP contribution < -0.4 is 14.8 Å². The summed E-state index contributed by atoms with van der Waals surface area (Å²) in [5.41, 5.74) is 1.74. The number of benzene rings is 3. The van der Waals surface area contributed by atoms with Crippen LogP contribution in [0.1, 0.15) is 22.8 Å². The fraction of sp³-hybridized carbons (Fsp3) is 0.208. The van der Waals surface area contributed by atoms with Gasteiger partial charge in [0.05, 0.1) is 12.2 Å². The van der Waals surface area contributed by atoms with Gasteiger partial charge in [0, 0.05) is 18.4 Å². The Morgan fingerprint density at radius 3 is 2.60 bits per heavy atom. The molecule has 0 saturated carbocycles. The number of amides is 1. The van der Waals surface area contributed by atoms with E-state index in [4.69, 9.17) is 14.2 Å². The van der Waals surface area contributed by atoms with Gasteiger partial charge in [0.15, 0.2) is 0 Å². The molecule has 3 aromatic carbocycles. The fourth-order valence-electron chi connectivity index (χ4n) is 2.79. The minimum Gasteiger partial charge on any atom is -0.490 e. The van der Waals surface area contributed by atoms with Crippen LogP contribution >= 0.6 is 0 Å². The molecule has 3 rings (SSSR count). The van der Waals surface area contributed by atoms with Crippen molar-refractivity contribution in [2.75, 3.05) is 25.1 Å². The lowest BCUT2D eigenvalue weighted by atomic mass is 10.2. The normalized spacial score (nSPS) is 10.5. The van der Waals surface area contributed by atoms with Crippen LogP contribution in [0.25, 0.3) is 0 Å². The minimum atomic E-state index is -0.306. The van der Waals surface area contributed by atoms with Crippen LogP contribution in [0, 0.1) is 5.82 Å². The summed E-state index contributed by atoms with van der Waals surface area (Å²) in [6.07, 6.45) is 0. The molecule has 0 aliphatic carbocycles. The molecular weight excluding hydrogens is 385 g/mol. The second-order valence-corrected chi connectivity index (χ2v) is 6.44. The van der Waals surface area contributed by atoms with Crippen LogP contribution in [-0.2, 0) is 11.3 Å². The first-order valence-corrected chi connectivity index (χ1v) is 9.74. The van der Waals surface area contributed by atoms with Gasteiger partial charge in [0.2, 0.25) is 0 Å². The van der Waals surface area contributed by atoms with E-state index in [1.807, 2.05) is 13.0 Å². The van der Waals surface area contributed by atoms with Gasteiger partial charge in [-0.1, -0.05) is 30.3 Å². The van der Waals surface area contributed by atoms with Crippen molar-refractivity contribution in [3.05, 3.63) is 89.7 Å². The molecule has 0 aromatic heterocycles. The molecule has 0 fully saturated rings. The third-order valence-corrected chi connectivity index (χ3v) is 4.21. The Hall–Kier alpha value is -3.38. The average Bonchev–Trinajstić information content (AvgIpc) is 2.76. The van der Waals surface area contributed by atoms with E-state index < -0.39 is 0 Å². The van der Waals surface area contributed by atoms with E-state index in [1.165, 1.54) is 12.1 Å². The molecule has 0 unspecified atom stereocenters. The molecule has 1 N–H and O–H groups in total. The lowest BCUT2D eigenvalue weighted by molar-refractivity contribution is 0.0998. The first kappa shape index (κ1) is 21.3. The van der Waals surface area contributed by atoms with Gasteiger partial charge in [0.25, 0.3) is 5.91 Å². The van der Waals surface area contributed by atoms with Gasteiger partial charge in [-0.05, 0) is 48.9 Å². The molecule has 0 spiro atoms. The number of carbonyl (C=O) groups excluding carboxylic acids is 1. The Bertz CT molecular complexity index is 977. The fourth-order valence-corrected chi connectivity index (χ4v) is 2.79. The number of rotatable bonds is 10.